The van der Waals surface area contributed by atoms with E-state index >= 15 is 0 Å². The Kier molecular flexibility index (Phi) is 6.37. The summed E-state index contributed by atoms with van der Waals surface area (Å²) in [6.45, 7) is 4.45. The topological polar surface area (TPSA) is 74.8 Å². The van der Waals surface area contributed by atoms with Gasteiger partial charge in [-0.25, -0.2) is 0 Å². The van der Waals surface area contributed by atoms with E-state index in [1.54, 1.807) is 6.07 Å². The Morgan fingerprint density at radius 3 is 2.76 bits per heavy atom. The first-order valence-electron chi connectivity index (χ1n) is 5.01. The van der Waals surface area contributed by atoms with Crippen LogP contribution < -0.4 is 37.0 Å². The Bertz CT molecular complexity index is 363. The molecule has 4 N–H and O–H groups in total. The second kappa shape index (κ2) is 7.04. The summed E-state index contributed by atoms with van der Waals surface area (Å²) in [5, 5.41) is 11.7. The third-order valence-corrected chi connectivity index (χ3v) is 4.66. The predicted octanol–water partition coefficient (Wildman–Crippen LogP) is -2.54. The van der Waals surface area contributed by atoms with Crippen molar-refractivity contribution in [2.24, 2.45) is 5.90 Å². The molecular weight excluding hydrogens is 448 g/mol. The first-order chi connectivity index (χ1) is 8.01. The molecule has 0 aliphatic rings. The zero-order valence-electron chi connectivity index (χ0n) is 9.67. The van der Waals surface area contributed by atoms with Gasteiger partial charge in [0.25, 0.3) is 0 Å². The summed E-state index contributed by atoms with van der Waals surface area (Å²) < 4.78 is 2.89. The van der Waals surface area contributed by atoms with Crippen molar-refractivity contribution >= 4 is 18.6 Å². The van der Waals surface area contributed by atoms with Crippen LogP contribution in [0, 0.1) is 5.21 Å². The first kappa shape index (κ1) is 15.4. The molecule has 5 nitrogen and oxygen atoms in total. The average molecular weight is 464 g/mol. The number of halogens is 2. The van der Waals surface area contributed by atoms with Gasteiger partial charge in [-0.05, 0) is 0 Å². The predicted molar refractivity (Wildman–Crippen MR) is 70.6 cm³/mol. The molecule has 0 amide bonds. The number of hydrogen-bond donors (Lipinski definition) is 3. The molecule has 0 saturated carbocycles. The zero-order chi connectivity index (χ0) is 12.9. The Morgan fingerprint density at radius 2 is 2.18 bits per heavy atom. The number of hydroxylamine groups is 1. The normalized spacial score (nSPS) is 13.7. The number of para-hydroxylation sites is 1. The molecular formula is C10H16I2N3O2-. The van der Waals surface area contributed by atoms with Crippen LogP contribution >= 0.6 is 18.6 Å². The van der Waals surface area contributed by atoms with Gasteiger partial charge in [0, 0.05) is 0 Å². The van der Waals surface area contributed by atoms with Crippen LogP contribution in [0.15, 0.2) is 24.3 Å². The summed E-state index contributed by atoms with van der Waals surface area (Å²) in [4.78, 5) is 4.85. The summed E-state index contributed by atoms with van der Waals surface area (Å²) in [7, 11) is 0. The van der Waals surface area contributed by atoms with Crippen molar-refractivity contribution in [2.45, 2.75) is 19.3 Å². The Balaban J connectivity index is 2.88. The Labute approximate surface area is 121 Å². The van der Waals surface area contributed by atoms with Gasteiger partial charge in [-0.1, -0.05) is 0 Å². The van der Waals surface area contributed by atoms with E-state index in [1.807, 2.05) is 32.0 Å². The number of quaternary nitrogens is 1. The van der Waals surface area contributed by atoms with Crippen LogP contribution in [0.4, 0.5) is 0 Å². The van der Waals surface area contributed by atoms with Crippen LogP contribution in [-0.2, 0) is 5.41 Å². The van der Waals surface area contributed by atoms with Gasteiger partial charge in [0.15, 0.2) is 0 Å². The van der Waals surface area contributed by atoms with Gasteiger partial charge in [-0.15, -0.1) is 0 Å². The molecule has 0 aliphatic heterocycles. The van der Waals surface area contributed by atoms with Gasteiger partial charge in [-0.3, -0.25) is 0 Å². The summed E-state index contributed by atoms with van der Waals surface area (Å²) in [5.41, 5.74) is 0.652. The second-order valence-electron chi connectivity index (χ2n) is 4.26. The first-order valence-corrected chi connectivity index (χ1v) is 12.4. The summed E-state index contributed by atoms with van der Waals surface area (Å²) in [6, 6.07) is 7.52. The monoisotopic (exact) mass is 464 g/mol. The van der Waals surface area contributed by atoms with Crippen LogP contribution in [0.5, 0.6) is 5.75 Å². The number of nitrogens with one attached hydrogen (secondary N) is 2. The Morgan fingerprint density at radius 1 is 1.53 bits per heavy atom. The van der Waals surface area contributed by atoms with Gasteiger partial charge < -0.3 is 0 Å². The van der Waals surface area contributed by atoms with Crippen molar-refractivity contribution in [3.63, 3.8) is 0 Å². The van der Waals surface area contributed by atoms with Crippen LogP contribution in [-0.4, -0.2) is 6.54 Å². The van der Waals surface area contributed by atoms with Crippen molar-refractivity contribution < 1.29 is 27.5 Å². The third kappa shape index (κ3) is 4.48. The van der Waals surface area contributed by atoms with E-state index in [1.165, 1.54) is 0 Å². The minimum atomic E-state index is -0.296. The van der Waals surface area contributed by atoms with Crippen molar-refractivity contribution in [3.05, 3.63) is 35.0 Å². The van der Waals surface area contributed by atoms with E-state index in [9.17, 15) is 5.21 Å². The molecule has 17 heavy (non-hydrogen) atoms. The fourth-order valence-electron chi connectivity index (χ4n) is 1.70. The fourth-order valence-corrected chi connectivity index (χ4v) is 3.64. The van der Waals surface area contributed by atoms with Crippen molar-refractivity contribution in [2.75, 3.05) is 6.54 Å². The average Bonchev–Trinajstić information content (AvgIpc) is 2.28. The molecule has 0 aliphatic carbocycles. The molecule has 1 rings (SSSR count). The molecule has 0 radical (unpaired) electrons. The van der Waals surface area contributed by atoms with Gasteiger partial charge in [0.2, 0.25) is 0 Å². The van der Waals surface area contributed by atoms with Gasteiger partial charge in [0.05, 0.1) is 0 Å². The van der Waals surface area contributed by atoms with E-state index in [2.05, 4.69) is 22.3 Å². The number of hydrogen-bond acceptors (Lipinski definition) is 4. The van der Waals surface area contributed by atoms with Crippen molar-refractivity contribution in [1.82, 2.24) is 3.64 Å². The van der Waals surface area contributed by atoms with Crippen LogP contribution in [0.3, 0.4) is 0 Å². The van der Waals surface area contributed by atoms with E-state index in [0.29, 0.717) is 12.3 Å². The molecule has 1 aromatic rings. The summed E-state index contributed by atoms with van der Waals surface area (Å²) >= 11 is 1.96. The van der Waals surface area contributed by atoms with Gasteiger partial charge >= 0.3 is 122 Å². The molecule has 0 bridgehead atoms. The minimum absolute atomic E-state index is 0.0732. The molecule has 1 atom stereocenters. The number of nitrogens with two attached hydrogens (primary N) is 1. The van der Waals surface area contributed by atoms with Crippen LogP contribution in [0.2, 0.25) is 0 Å². The van der Waals surface area contributed by atoms with E-state index in [0.717, 1.165) is 5.56 Å². The van der Waals surface area contributed by atoms with Gasteiger partial charge in [-0.2, -0.15) is 0 Å². The zero-order valence-corrected chi connectivity index (χ0v) is 14.0. The van der Waals surface area contributed by atoms with Crippen LogP contribution in [0.1, 0.15) is 19.4 Å². The molecule has 98 valence electrons. The molecule has 7 heteroatoms. The maximum atomic E-state index is 11.7. The molecule has 1 aromatic carbocycles. The van der Waals surface area contributed by atoms with E-state index in [4.69, 9.17) is 10.7 Å². The fraction of sp³-hybridized carbons (Fsp3) is 0.400. The SMILES string of the molecule is CC(C)(C[NH+]([O-])N[I-]I)c1ccccc1ON. The quantitative estimate of drug-likeness (QED) is 0.247. The van der Waals surface area contributed by atoms with Crippen molar-refractivity contribution in [3.8, 4) is 5.75 Å². The molecule has 0 spiro atoms. The molecule has 0 aromatic heterocycles. The second-order valence-corrected chi connectivity index (χ2v) is 7.95. The maximum absolute atomic E-state index is 11.7. The summed E-state index contributed by atoms with van der Waals surface area (Å²) in [5.74, 6) is 5.86. The van der Waals surface area contributed by atoms with E-state index < -0.39 is 0 Å². The molecule has 1 unspecified atom stereocenters. The molecule has 0 saturated heterocycles. The van der Waals surface area contributed by atoms with Crippen LogP contribution in [0.25, 0.3) is 0 Å². The van der Waals surface area contributed by atoms with Crippen molar-refractivity contribution in [1.29, 1.82) is 0 Å². The molecule has 0 fully saturated rings. The Hall–Kier alpha value is 0.320. The van der Waals surface area contributed by atoms with E-state index in [-0.39, 0.29) is 28.1 Å². The molecule has 0 heterocycles. The standard InChI is InChI=1S/C10H16I2N3O2/c1-10(2,7-15(16)14-12-11)8-5-3-4-6-9(8)17-13/h3-6,14-15H,7,13H2,1-2H3/q-1. The summed E-state index contributed by atoms with van der Waals surface area (Å²) in [6.07, 6.45) is 0. The number of benzene rings is 1. The third-order valence-electron chi connectivity index (χ3n) is 2.49. The number of rotatable bonds is 6. The van der Waals surface area contributed by atoms with Gasteiger partial charge in [0.1, 0.15) is 0 Å².